The Morgan fingerprint density at radius 1 is 1.15 bits per heavy atom. The van der Waals surface area contributed by atoms with E-state index in [1.54, 1.807) is 51.3 Å². The van der Waals surface area contributed by atoms with Crippen LogP contribution in [0.25, 0.3) is 0 Å². The van der Waals surface area contributed by atoms with Crippen molar-refractivity contribution in [3.63, 3.8) is 0 Å². The number of aromatic nitrogens is 2. The van der Waals surface area contributed by atoms with E-state index < -0.39 is 0 Å². The predicted octanol–water partition coefficient (Wildman–Crippen LogP) is 2.08. The monoisotopic (exact) mass is 358 g/mol. The highest BCUT2D eigenvalue weighted by molar-refractivity contribution is 5.93. The SMILES string of the molecule is CCOC(=O)c1ccc(Nc2cc(C(=O)NCCOC)nc(C)n2)cc1. The lowest BCUT2D eigenvalue weighted by Gasteiger charge is -2.09. The van der Waals surface area contributed by atoms with Gasteiger partial charge in [-0.2, -0.15) is 0 Å². The summed E-state index contributed by atoms with van der Waals surface area (Å²) in [4.78, 5) is 32.2. The number of benzene rings is 1. The molecular formula is C18H22N4O4. The first-order valence-electron chi connectivity index (χ1n) is 8.20. The molecule has 0 spiro atoms. The van der Waals surface area contributed by atoms with E-state index in [9.17, 15) is 9.59 Å². The number of rotatable bonds is 8. The van der Waals surface area contributed by atoms with Gasteiger partial charge in [0.1, 0.15) is 17.3 Å². The van der Waals surface area contributed by atoms with Crippen molar-refractivity contribution in [2.45, 2.75) is 13.8 Å². The molecule has 2 N–H and O–H groups in total. The van der Waals surface area contributed by atoms with Crippen LogP contribution in [0.15, 0.2) is 30.3 Å². The Balaban J connectivity index is 2.09. The van der Waals surface area contributed by atoms with Gasteiger partial charge in [-0.05, 0) is 38.1 Å². The Kier molecular flexibility index (Phi) is 7.04. The Hall–Kier alpha value is -3.00. The lowest BCUT2D eigenvalue weighted by molar-refractivity contribution is 0.0526. The van der Waals surface area contributed by atoms with Gasteiger partial charge >= 0.3 is 5.97 Å². The number of amides is 1. The number of carbonyl (C=O) groups is 2. The Morgan fingerprint density at radius 2 is 1.88 bits per heavy atom. The van der Waals surface area contributed by atoms with Gasteiger partial charge in [0.25, 0.3) is 5.91 Å². The molecule has 0 saturated heterocycles. The molecule has 138 valence electrons. The molecule has 0 saturated carbocycles. The van der Waals surface area contributed by atoms with Crippen molar-refractivity contribution in [1.82, 2.24) is 15.3 Å². The summed E-state index contributed by atoms with van der Waals surface area (Å²) >= 11 is 0. The van der Waals surface area contributed by atoms with Crippen LogP contribution < -0.4 is 10.6 Å². The molecule has 0 fully saturated rings. The highest BCUT2D eigenvalue weighted by Crippen LogP contribution is 2.17. The lowest BCUT2D eigenvalue weighted by atomic mass is 10.2. The molecule has 26 heavy (non-hydrogen) atoms. The largest absolute Gasteiger partial charge is 0.462 e. The van der Waals surface area contributed by atoms with Crippen molar-refractivity contribution in [1.29, 1.82) is 0 Å². The number of nitrogens with one attached hydrogen (secondary N) is 2. The number of ether oxygens (including phenoxy) is 2. The molecule has 0 aliphatic rings. The van der Waals surface area contributed by atoms with Crippen LogP contribution in [0.4, 0.5) is 11.5 Å². The molecule has 0 bridgehead atoms. The average molecular weight is 358 g/mol. The van der Waals surface area contributed by atoms with Crippen molar-refractivity contribution >= 4 is 23.4 Å². The Morgan fingerprint density at radius 3 is 2.54 bits per heavy atom. The van der Waals surface area contributed by atoms with Gasteiger partial charge in [-0.3, -0.25) is 4.79 Å². The molecular weight excluding hydrogens is 336 g/mol. The number of anilines is 2. The molecule has 0 atom stereocenters. The Bertz CT molecular complexity index is 762. The number of hydrogen-bond donors (Lipinski definition) is 2. The van der Waals surface area contributed by atoms with Gasteiger partial charge in [0.2, 0.25) is 0 Å². The fourth-order valence-electron chi connectivity index (χ4n) is 2.16. The number of carbonyl (C=O) groups excluding carboxylic acids is 2. The Labute approximate surface area is 151 Å². The van der Waals surface area contributed by atoms with Crippen LogP contribution in [0.5, 0.6) is 0 Å². The molecule has 2 aromatic rings. The summed E-state index contributed by atoms with van der Waals surface area (Å²) in [6.07, 6.45) is 0. The summed E-state index contributed by atoms with van der Waals surface area (Å²) in [6, 6.07) is 8.36. The third-order valence-electron chi connectivity index (χ3n) is 3.33. The maximum atomic E-state index is 12.1. The molecule has 1 aromatic heterocycles. The summed E-state index contributed by atoms with van der Waals surface area (Å²) in [5.74, 6) is 0.286. The van der Waals surface area contributed by atoms with Gasteiger partial charge in [-0.1, -0.05) is 0 Å². The van der Waals surface area contributed by atoms with E-state index in [0.29, 0.717) is 37.0 Å². The predicted molar refractivity (Wildman–Crippen MR) is 96.7 cm³/mol. The number of esters is 1. The zero-order chi connectivity index (χ0) is 18.9. The van der Waals surface area contributed by atoms with Gasteiger partial charge in [0.05, 0.1) is 18.8 Å². The van der Waals surface area contributed by atoms with E-state index in [1.807, 2.05) is 0 Å². The smallest absolute Gasteiger partial charge is 0.338 e. The van der Waals surface area contributed by atoms with Gasteiger partial charge < -0.3 is 20.1 Å². The number of aryl methyl sites for hydroxylation is 1. The topological polar surface area (TPSA) is 102 Å². The zero-order valence-corrected chi connectivity index (χ0v) is 15.0. The molecule has 1 aromatic carbocycles. The van der Waals surface area contributed by atoms with Crippen molar-refractivity contribution in [3.05, 3.63) is 47.4 Å². The van der Waals surface area contributed by atoms with Crippen LogP contribution in [0, 0.1) is 6.92 Å². The van der Waals surface area contributed by atoms with Crippen LogP contribution in [-0.4, -0.2) is 48.7 Å². The normalized spacial score (nSPS) is 10.3. The number of hydrogen-bond acceptors (Lipinski definition) is 7. The molecule has 0 radical (unpaired) electrons. The maximum absolute atomic E-state index is 12.1. The van der Waals surface area contributed by atoms with Gasteiger partial charge in [-0.25, -0.2) is 14.8 Å². The molecule has 2 rings (SSSR count). The first-order chi connectivity index (χ1) is 12.5. The fraction of sp³-hybridized carbons (Fsp3) is 0.333. The van der Waals surface area contributed by atoms with Crippen molar-refractivity contribution in [2.75, 3.05) is 32.2 Å². The number of nitrogens with zero attached hydrogens (tertiary/aromatic N) is 2. The van der Waals surface area contributed by atoms with E-state index in [4.69, 9.17) is 9.47 Å². The highest BCUT2D eigenvalue weighted by Gasteiger charge is 2.11. The van der Waals surface area contributed by atoms with Crippen molar-refractivity contribution < 1.29 is 19.1 Å². The van der Waals surface area contributed by atoms with Gasteiger partial charge in [0.15, 0.2) is 0 Å². The molecule has 1 amide bonds. The summed E-state index contributed by atoms with van der Waals surface area (Å²) in [6.45, 7) is 4.62. The zero-order valence-electron chi connectivity index (χ0n) is 15.0. The second kappa shape index (κ2) is 9.47. The highest BCUT2D eigenvalue weighted by atomic mass is 16.5. The molecule has 0 unspecified atom stereocenters. The second-order valence-electron chi connectivity index (χ2n) is 5.36. The lowest BCUT2D eigenvalue weighted by Crippen LogP contribution is -2.28. The van der Waals surface area contributed by atoms with Crippen molar-refractivity contribution in [3.8, 4) is 0 Å². The molecule has 0 aliphatic carbocycles. The summed E-state index contributed by atoms with van der Waals surface area (Å²) in [7, 11) is 1.57. The minimum atomic E-state index is -0.369. The van der Waals surface area contributed by atoms with Crippen LogP contribution in [0.3, 0.4) is 0 Å². The first-order valence-corrected chi connectivity index (χ1v) is 8.20. The first kappa shape index (κ1) is 19.3. The third-order valence-corrected chi connectivity index (χ3v) is 3.33. The maximum Gasteiger partial charge on any atom is 0.338 e. The molecule has 8 nitrogen and oxygen atoms in total. The third kappa shape index (κ3) is 5.52. The van der Waals surface area contributed by atoms with E-state index in [0.717, 1.165) is 5.69 Å². The fourth-order valence-corrected chi connectivity index (χ4v) is 2.16. The van der Waals surface area contributed by atoms with E-state index in [-0.39, 0.29) is 17.6 Å². The van der Waals surface area contributed by atoms with E-state index in [1.165, 1.54) is 0 Å². The van der Waals surface area contributed by atoms with Crippen LogP contribution in [0.2, 0.25) is 0 Å². The minimum Gasteiger partial charge on any atom is -0.462 e. The van der Waals surface area contributed by atoms with Gasteiger partial charge in [0, 0.05) is 25.4 Å². The number of methoxy groups -OCH3 is 1. The summed E-state index contributed by atoms with van der Waals surface area (Å²) in [5, 5.41) is 5.81. The van der Waals surface area contributed by atoms with E-state index in [2.05, 4.69) is 20.6 Å². The van der Waals surface area contributed by atoms with Crippen molar-refractivity contribution in [2.24, 2.45) is 0 Å². The molecule has 1 heterocycles. The minimum absolute atomic E-state index is 0.263. The summed E-state index contributed by atoms with van der Waals surface area (Å²) in [5.41, 5.74) is 1.45. The summed E-state index contributed by atoms with van der Waals surface area (Å²) < 4.78 is 9.85. The quantitative estimate of drug-likeness (QED) is 0.550. The second-order valence-corrected chi connectivity index (χ2v) is 5.36. The van der Waals surface area contributed by atoms with Crippen LogP contribution >= 0.6 is 0 Å². The van der Waals surface area contributed by atoms with Crippen LogP contribution in [0.1, 0.15) is 33.6 Å². The average Bonchev–Trinajstić information content (AvgIpc) is 2.62. The van der Waals surface area contributed by atoms with Crippen LogP contribution in [-0.2, 0) is 9.47 Å². The van der Waals surface area contributed by atoms with E-state index >= 15 is 0 Å². The standard InChI is InChI=1S/C18H22N4O4/c1-4-26-18(24)13-5-7-14(8-6-13)22-16-11-15(20-12(2)21-16)17(23)19-9-10-25-3/h5-8,11H,4,9-10H2,1-3H3,(H,19,23)(H,20,21,22). The van der Waals surface area contributed by atoms with Gasteiger partial charge in [-0.15, -0.1) is 0 Å². The molecule has 0 aliphatic heterocycles. The molecule has 8 heteroatoms.